The number of para-hydroxylation sites is 2. The van der Waals surface area contributed by atoms with Crippen LogP contribution in [0, 0.1) is 0 Å². The van der Waals surface area contributed by atoms with Gasteiger partial charge in [-0.2, -0.15) is 0 Å². The number of carbonyl (C=O) groups excluding carboxylic acids is 1. The van der Waals surface area contributed by atoms with Gasteiger partial charge < -0.3 is 19.2 Å². The normalized spacial score (nSPS) is 14.8. The molecule has 1 unspecified atom stereocenters. The summed E-state index contributed by atoms with van der Waals surface area (Å²) >= 11 is 2.55. The summed E-state index contributed by atoms with van der Waals surface area (Å²) in [7, 11) is 0. The van der Waals surface area contributed by atoms with Crippen LogP contribution in [0.3, 0.4) is 0 Å². The van der Waals surface area contributed by atoms with Gasteiger partial charge in [0.25, 0.3) is 17.0 Å². The van der Waals surface area contributed by atoms with Crippen molar-refractivity contribution in [2.24, 2.45) is 0 Å². The first kappa shape index (κ1) is 20.5. The topological polar surface area (TPSA) is 112 Å². The van der Waals surface area contributed by atoms with Crippen molar-refractivity contribution in [3.05, 3.63) is 76.1 Å². The number of hydrogen-bond acceptors (Lipinski definition) is 10. The van der Waals surface area contributed by atoms with Gasteiger partial charge in [0.15, 0.2) is 11.5 Å². The van der Waals surface area contributed by atoms with Crippen LogP contribution in [0.4, 0.5) is 0 Å². The third kappa shape index (κ3) is 4.73. The van der Waals surface area contributed by atoms with Crippen LogP contribution in [0.5, 0.6) is 11.5 Å². The van der Waals surface area contributed by atoms with Crippen molar-refractivity contribution in [1.29, 1.82) is 0 Å². The molecule has 162 valence electrons. The highest BCUT2D eigenvalue weighted by Gasteiger charge is 2.27. The smallest absolute Gasteiger partial charge is 0.282 e. The molecule has 1 N–H and O–H groups in total. The maximum absolute atomic E-state index is 12.3. The zero-order valence-electron chi connectivity index (χ0n) is 16.6. The Morgan fingerprint density at radius 2 is 1.84 bits per heavy atom. The summed E-state index contributed by atoms with van der Waals surface area (Å²) in [6.07, 6.45) is -0.465. The minimum atomic E-state index is -0.465. The summed E-state index contributed by atoms with van der Waals surface area (Å²) in [5.41, 5.74) is 1.02. The van der Waals surface area contributed by atoms with Gasteiger partial charge in [-0.05, 0) is 17.7 Å². The van der Waals surface area contributed by atoms with E-state index < -0.39 is 6.10 Å². The highest BCUT2D eigenvalue weighted by Crippen LogP contribution is 2.36. The Kier molecular flexibility index (Phi) is 5.99. The number of aromatic nitrogens is 4. The first-order chi connectivity index (χ1) is 15.7. The van der Waals surface area contributed by atoms with E-state index in [0.29, 0.717) is 51.5 Å². The van der Waals surface area contributed by atoms with E-state index in [0.717, 1.165) is 5.56 Å². The quantitative estimate of drug-likeness (QED) is 0.407. The van der Waals surface area contributed by atoms with Crippen molar-refractivity contribution in [2.45, 2.75) is 23.6 Å². The average Bonchev–Trinajstić information content (AvgIpc) is 3.51. The molecule has 2 aromatic carbocycles. The molecule has 0 saturated heterocycles. The van der Waals surface area contributed by atoms with Crippen molar-refractivity contribution >= 4 is 29.0 Å². The molecule has 5 rings (SSSR count). The first-order valence-corrected chi connectivity index (χ1v) is 11.5. The molecule has 1 amide bonds. The van der Waals surface area contributed by atoms with E-state index in [1.807, 2.05) is 54.6 Å². The fourth-order valence-electron chi connectivity index (χ4n) is 2.93. The summed E-state index contributed by atoms with van der Waals surface area (Å²) < 4.78 is 17.3. The molecule has 3 heterocycles. The number of carbonyl (C=O) groups is 1. The summed E-state index contributed by atoms with van der Waals surface area (Å²) in [5.74, 6) is 1.88. The fourth-order valence-corrected chi connectivity index (χ4v) is 4.44. The largest absolute Gasteiger partial charge is 0.485 e. The second-order valence-electron chi connectivity index (χ2n) is 6.73. The van der Waals surface area contributed by atoms with Gasteiger partial charge in [0.1, 0.15) is 11.6 Å². The predicted molar refractivity (Wildman–Crippen MR) is 117 cm³/mol. The van der Waals surface area contributed by atoms with Crippen LogP contribution in [0.25, 0.3) is 0 Å². The van der Waals surface area contributed by atoms with E-state index >= 15 is 0 Å². The number of ether oxygens (including phenoxy) is 2. The highest BCUT2D eigenvalue weighted by molar-refractivity contribution is 7.98. The number of rotatable bonds is 7. The van der Waals surface area contributed by atoms with E-state index in [4.69, 9.17) is 13.9 Å². The van der Waals surface area contributed by atoms with Gasteiger partial charge in [0.2, 0.25) is 11.1 Å². The lowest BCUT2D eigenvalue weighted by Gasteiger charge is -2.23. The average molecular weight is 468 g/mol. The Hall–Kier alpha value is -3.44. The first-order valence-electron chi connectivity index (χ1n) is 9.74. The molecule has 32 heavy (non-hydrogen) atoms. The molecule has 2 aromatic heterocycles. The molecule has 9 nitrogen and oxygen atoms in total. The Balaban J connectivity index is 1.14. The van der Waals surface area contributed by atoms with Gasteiger partial charge in [0, 0.05) is 6.54 Å². The fraction of sp³-hybridized carbons (Fsp3) is 0.190. The van der Waals surface area contributed by atoms with Crippen molar-refractivity contribution in [3.63, 3.8) is 0 Å². The molecule has 4 aromatic rings. The van der Waals surface area contributed by atoms with Crippen molar-refractivity contribution in [3.8, 4) is 11.5 Å². The zero-order valence-corrected chi connectivity index (χ0v) is 18.3. The van der Waals surface area contributed by atoms with Crippen LogP contribution >= 0.6 is 23.1 Å². The molecule has 1 atom stereocenters. The molecule has 1 aliphatic heterocycles. The van der Waals surface area contributed by atoms with E-state index in [-0.39, 0.29) is 5.91 Å². The third-order valence-electron chi connectivity index (χ3n) is 4.48. The third-order valence-corrected chi connectivity index (χ3v) is 6.42. The van der Waals surface area contributed by atoms with Crippen LogP contribution in [0.1, 0.15) is 32.4 Å². The van der Waals surface area contributed by atoms with Crippen LogP contribution < -0.4 is 14.8 Å². The Bertz CT molecular complexity index is 1210. The number of fused-ring (bicyclic) bond motifs is 1. The van der Waals surface area contributed by atoms with Gasteiger partial charge in [-0.25, -0.2) is 0 Å². The van der Waals surface area contributed by atoms with Crippen LogP contribution in [-0.2, 0) is 12.3 Å². The van der Waals surface area contributed by atoms with Crippen LogP contribution in [0.15, 0.2) is 64.2 Å². The molecule has 0 saturated carbocycles. The molecule has 11 heteroatoms. The molecule has 0 spiro atoms. The second kappa shape index (κ2) is 9.37. The van der Waals surface area contributed by atoms with E-state index in [1.54, 1.807) is 0 Å². The number of amides is 1. The molecule has 0 bridgehead atoms. The van der Waals surface area contributed by atoms with Crippen molar-refractivity contribution in [2.75, 3.05) is 6.61 Å². The van der Waals surface area contributed by atoms with Crippen molar-refractivity contribution < 1.29 is 18.7 Å². The summed E-state index contributed by atoms with van der Waals surface area (Å²) in [6.45, 7) is 0.729. The lowest BCUT2D eigenvalue weighted by Crippen LogP contribution is -2.22. The number of hydrogen-bond donors (Lipinski definition) is 1. The molecule has 0 aliphatic carbocycles. The van der Waals surface area contributed by atoms with Crippen molar-refractivity contribution in [1.82, 2.24) is 25.7 Å². The van der Waals surface area contributed by atoms with E-state index in [1.165, 1.54) is 23.1 Å². The Morgan fingerprint density at radius 3 is 2.72 bits per heavy atom. The van der Waals surface area contributed by atoms with Gasteiger partial charge in [-0.3, -0.25) is 4.79 Å². The summed E-state index contributed by atoms with van der Waals surface area (Å²) in [6, 6.07) is 17.1. The van der Waals surface area contributed by atoms with Gasteiger partial charge in [-0.1, -0.05) is 65.6 Å². The second-order valence-corrected chi connectivity index (χ2v) is 8.72. The maximum Gasteiger partial charge on any atom is 0.282 e. The predicted octanol–water partition coefficient (Wildman–Crippen LogP) is 3.66. The van der Waals surface area contributed by atoms with Crippen LogP contribution in [-0.4, -0.2) is 32.9 Å². The standard InChI is InChI=1S/C21H17N5O4S2/c27-18(22-10-13-6-2-1-3-7-13)20-25-23-17(32-20)12-31-21-26-24-19(30-21)16-11-28-14-8-4-5-9-15(14)29-16/h1-9,16H,10-12H2,(H,22,27). The molecule has 0 fully saturated rings. The zero-order chi connectivity index (χ0) is 21.8. The van der Waals surface area contributed by atoms with E-state index in [2.05, 4.69) is 25.7 Å². The molecule has 1 aliphatic rings. The SMILES string of the molecule is O=C(NCc1ccccc1)c1nnc(CSc2nnc(C3COc4ccccc4O3)o2)s1. The summed E-state index contributed by atoms with van der Waals surface area (Å²) in [5, 5.41) is 20.4. The molecular formula is C21H17N5O4S2. The van der Waals surface area contributed by atoms with Gasteiger partial charge in [-0.15, -0.1) is 20.4 Å². The lowest BCUT2D eigenvalue weighted by atomic mass is 10.2. The van der Waals surface area contributed by atoms with Gasteiger partial charge in [0.05, 0.1) is 5.75 Å². The number of nitrogens with zero attached hydrogens (tertiary/aromatic N) is 4. The number of nitrogens with one attached hydrogen (secondary N) is 1. The minimum Gasteiger partial charge on any atom is -0.485 e. The Labute approximate surface area is 191 Å². The minimum absolute atomic E-state index is 0.252. The summed E-state index contributed by atoms with van der Waals surface area (Å²) in [4.78, 5) is 12.3. The molecular weight excluding hydrogens is 450 g/mol. The lowest BCUT2D eigenvalue weighted by molar-refractivity contribution is 0.0686. The number of thioether (sulfide) groups is 1. The number of benzene rings is 2. The monoisotopic (exact) mass is 467 g/mol. The van der Waals surface area contributed by atoms with E-state index in [9.17, 15) is 4.79 Å². The maximum atomic E-state index is 12.3. The Morgan fingerprint density at radius 1 is 1.03 bits per heavy atom. The van der Waals surface area contributed by atoms with Crippen LogP contribution in [0.2, 0.25) is 0 Å². The van der Waals surface area contributed by atoms with Gasteiger partial charge >= 0.3 is 0 Å². The molecule has 0 radical (unpaired) electrons. The highest BCUT2D eigenvalue weighted by atomic mass is 32.2.